The standard InChI is InChI=1S/C22H25N3O3/c1-14(2)19-9-4-5-10-20(19)24-22(28)16-11-21(27)25(13-16)18-8-6-7-17(12-18)23-15(3)26/h4-10,12,14,16H,11,13H2,1-3H3,(H,23,26)(H,24,28). The first kappa shape index (κ1) is 19.6. The van der Waals surface area contributed by atoms with Crippen molar-refractivity contribution in [3.05, 3.63) is 54.1 Å². The summed E-state index contributed by atoms with van der Waals surface area (Å²) < 4.78 is 0. The molecule has 0 spiro atoms. The van der Waals surface area contributed by atoms with Gasteiger partial charge in [-0.15, -0.1) is 0 Å². The first-order valence-electron chi connectivity index (χ1n) is 9.43. The third-order valence-electron chi connectivity index (χ3n) is 4.81. The molecule has 2 N–H and O–H groups in total. The van der Waals surface area contributed by atoms with Crippen molar-refractivity contribution in [2.45, 2.75) is 33.1 Å². The van der Waals surface area contributed by atoms with Gasteiger partial charge in [-0.25, -0.2) is 0 Å². The topological polar surface area (TPSA) is 78.5 Å². The number of benzene rings is 2. The second-order valence-corrected chi connectivity index (χ2v) is 7.37. The normalized spacial score (nSPS) is 16.4. The molecule has 0 bridgehead atoms. The summed E-state index contributed by atoms with van der Waals surface area (Å²) in [5.74, 6) is -0.558. The van der Waals surface area contributed by atoms with Gasteiger partial charge in [-0.2, -0.15) is 0 Å². The molecule has 0 radical (unpaired) electrons. The van der Waals surface area contributed by atoms with Gasteiger partial charge < -0.3 is 15.5 Å². The molecule has 1 aliphatic heterocycles. The molecule has 6 heteroatoms. The molecule has 6 nitrogen and oxygen atoms in total. The summed E-state index contributed by atoms with van der Waals surface area (Å²) in [4.78, 5) is 38.1. The van der Waals surface area contributed by atoms with Crippen LogP contribution >= 0.6 is 0 Å². The van der Waals surface area contributed by atoms with E-state index in [9.17, 15) is 14.4 Å². The molecule has 1 heterocycles. The molecule has 28 heavy (non-hydrogen) atoms. The molecular formula is C22H25N3O3. The van der Waals surface area contributed by atoms with Crippen LogP contribution in [0.5, 0.6) is 0 Å². The van der Waals surface area contributed by atoms with E-state index in [-0.39, 0.29) is 30.1 Å². The Morgan fingerprint density at radius 2 is 1.82 bits per heavy atom. The lowest BCUT2D eigenvalue weighted by atomic mass is 10.0. The van der Waals surface area contributed by atoms with Crippen molar-refractivity contribution >= 4 is 34.8 Å². The fraction of sp³-hybridized carbons (Fsp3) is 0.318. The van der Waals surface area contributed by atoms with Crippen molar-refractivity contribution in [3.63, 3.8) is 0 Å². The molecule has 0 aromatic heterocycles. The summed E-state index contributed by atoms with van der Waals surface area (Å²) in [5.41, 5.74) is 3.16. The molecule has 3 amide bonds. The van der Waals surface area contributed by atoms with Crippen LogP contribution in [0.4, 0.5) is 17.1 Å². The first-order chi connectivity index (χ1) is 13.3. The first-order valence-corrected chi connectivity index (χ1v) is 9.43. The van der Waals surface area contributed by atoms with E-state index >= 15 is 0 Å². The number of hydrogen-bond acceptors (Lipinski definition) is 3. The number of nitrogens with zero attached hydrogens (tertiary/aromatic N) is 1. The zero-order chi connectivity index (χ0) is 20.3. The maximum Gasteiger partial charge on any atom is 0.229 e. The van der Waals surface area contributed by atoms with Gasteiger partial charge in [-0.3, -0.25) is 14.4 Å². The molecule has 1 aliphatic rings. The fourth-order valence-electron chi connectivity index (χ4n) is 3.44. The molecule has 1 fully saturated rings. The van der Waals surface area contributed by atoms with Gasteiger partial charge in [0.25, 0.3) is 0 Å². The van der Waals surface area contributed by atoms with Crippen LogP contribution < -0.4 is 15.5 Å². The van der Waals surface area contributed by atoms with Crippen LogP contribution in [0, 0.1) is 5.92 Å². The van der Waals surface area contributed by atoms with E-state index in [1.165, 1.54) is 6.92 Å². The highest BCUT2D eigenvalue weighted by molar-refractivity contribution is 6.04. The van der Waals surface area contributed by atoms with Gasteiger partial charge in [0.2, 0.25) is 17.7 Å². The van der Waals surface area contributed by atoms with Gasteiger partial charge in [0.15, 0.2) is 0 Å². The van der Waals surface area contributed by atoms with Crippen LogP contribution in [-0.2, 0) is 14.4 Å². The minimum Gasteiger partial charge on any atom is -0.326 e. The molecule has 0 saturated carbocycles. The number of anilines is 3. The minimum atomic E-state index is -0.419. The van der Waals surface area contributed by atoms with Crippen LogP contribution in [0.2, 0.25) is 0 Å². The third kappa shape index (κ3) is 4.39. The molecular weight excluding hydrogens is 354 g/mol. The van der Waals surface area contributed by atoms with E-state index in [0.717, 1.165) is 11.3 Å². The van der Waals surface area contributed by atoms with Crippen LogP contribution in [0.3, 0.4) is 0 Å². The Morgan fingerprint density at radius 1 is 1.07 bits per heavy atom. The van der Waals surface area contributed by atoms with E-state index in [4.69, 9.17) is 0 Å². The predicted octanol–water partition coefficient (Wildman–Crippen LogP) is 3.76. The second-order valence-electron chi connectivity index (χ2n) is 7.37. The predicted molar refractivity (Wildman–Crippen MR) is 110 cm³/mol. The van der Waals surface area contributed by atoms with Crippen molar-refractivity contribution in [2.24, 2.45) is 5.92 Å². The highest BCUT2D eigenvalue weighted by Gasteiger charge is 2.35. The van der Waals surface area contributed by atoms with Gasteiger partial charge in [0, 0.05) is 37.0 Å². The number of para-hydroxylation sites is 1. The summed E-state index contributed by atoms with van der Waals surface area (Å²) in [6.45, 7) is 5.91. The molecule has 1 saturated heterocycles. The fourth-order valence-corrected chi connectivity index (χ4v) is 3.44. The van der Waals surface area contributed by atoms with Crippen LogP contribution in [0.15, 0.2) is 48.5 Å². The number of carbonyl (C=O) groups excluding carboxylic acids is 3. The quantitative estimate of drug-likeness (QED) is 0.830. The maximum absolute atomic E-state index is 12.8. The lowest BCUT2D eigenvalue weighted by molar-refractivity contribution is -0.122. The highest BCUT2D eigenvalue weighted by atomic mass is 16.2. The zero-order valence-electron chi connectivity index (χ0n) is 16.4. The largest absolute Gasteiger partial charge is 0.326 e. The van der Waals surface area contributed by atoms with Gasteiger partial charge in [0.1, 0.15) is 0 Å². The molecule has 146 valence electrons. The Bertz CT molecular complexity index is 907. The number of amides is 3. The maximum atomic E-state index is 12.8. The molecule has 1 unspecified atom stereocenters. The molecule has 1 atom stereocenters. The number of carbonyl (C=O) groups is 3. The monoisotopic (exact) mass is 379 g/mol. The van der Waals surface area contributed by atoms with Gasteiger partial charge in [-0.05, 0) is 35.7 Å². The van der Waals surface area contributed by atoms with Gasteiger partial charge >= 0.3 is 0 Å². The van der Waals surface area contributed by atoms with Crippen molar-refractivity contribution in [1.82, 2.24) is 0 Å². The van der Waals surface area contributed by atoms with E-state index in [1.807, 2.05) is 24.3 Å². The average Bonchev–Trinajstić information content (AvgIpc) is 3.03. The SMILES string of the molecule is CC(=O)Nc1cccc(N2CC(C(=O)Nc3ccccc3C(C)C)CC2=O)c1. The van der Waals surface area contributed by atoms with Crippen molar-refractivity contribution in [1.29, 1.82) is 0 Å². The number of rotatable bonds is 5. The average molecular weight is 379 g/mol. The summed E-state index contributed by atoms with van der Waals surface area (Å²) >= 11 is 0. The Morgan fingerprint density at radius 3 is 2.54 bits per heavy atom. The van der Waals surface area contributed by atoms with Crippen LogP contribution in [-0.4, -0.2) is 24.3 Å². The highest BCUT2D eigenvalue weighted by Crippen LogP contribution is 2.29. The summed E-state index contributed by atoms with van der Waals surface area (Å²) in [5, 5.41) is 5.70. The molecule has 3 rings (SSSR count). The van der Waals surface area contributed by atoms with Crippen molar-refractivity contribution < 1.29 is 14.4 Å². The van der Waals surface area contributed by atoms with Crippen LogP contribution in [0.25, 0.3) is 0 Å². The Labute approximate surface area is 164 Å². The Kier molecular flexibility index (Phi) is 5.78. The van der Waals surface area contributed by atoms with Crippen molar-refractivity contribution in [2.75, 3.05) is 22.1 Å². The number of hydrogen-bond donors (Lipinski definition) is 2. The zero-order valence-corrected chi connectivity index (χ0v) is 16.4. The van der Waals surface area contributed by atoms with E-state index in [1.54, 1.807) is 29.2 Å². The Balaban J connectivity index is 1.72. The van der Waals surface area contributed by atoms with E-state index < -0.39 is 5.92 Å². The van der Waals surface area contributed by atoms with Gasteiger partial charge in [0.05, 0.1) is 5.92 Å². The molecule has 2 aromatic rings. The smallest absolute Gasteiger partial charge is 0.229 e. The van der Waals surface area contributed by atoms with Gasteiger partial charge in [-0.1, -0.05) is 38.1 Å². The second kappa shape index (κ2) is 8.25. The minimum absolute atomic E-state index is 0.0998. The number of nitrogens with one attached hydrogen (secondary N) is 2. The van der Waals surface area contributed by atoms with E-state index in [2.05, 4.69) is 24.5 Å². The van der Waals surface area contributed by atoms with Crippen molar-refractivity contribution in [3.8, 4) is 0 Å². The molecule has 0 aliphatic carbocycles. The summed E-state index contributed by atoms with van der Waals surface area (Å²) in [7, 11) is 0. The van der Waals surface area contributed by atoms with E-state index in [0.29, 0.717) is 17.9 Å². The Hall–Kier alpha value is -3.15. The van der Waals surface area contributed by atoms with Crippen LogP contribution in [0.1, 0.15) is 38.7 Å². The summed E-state index contributed by atoms with van der Waals surface area (Å²) in [6.07, 6.45) is 0.167. The molecule has 2 aromatic carbocycles. The lowest BCUT2D eigenvalue weighted by Crippen LogP contribution is -2.28. The third-order valence-corrected chi connectivity index (χ3v) is 4.81. The lowest BCUT2D eigenvalue weighted by Gasteiger charge is -2.18. The summed E-state index contributed by atoms with van der Waals surface area (Å²) in [6, 6.07) is 14.8.